The molecule has 1 aliphatic rings. The molecule has 3 aromatic heterocycles. The molecule has 7 heteroatoms. The van der Waals surface area contributed by atoms with E-state index in [9.17, 15) is 4.79 Å². The van der Waals surface area contributed by atoms with Gasteiger partial charge in [-0.25, -0.2) is 9.78 Å². The number of hydrogen-bond acceptors (Lipinski definition) is 6. The van der Waals surface area contributed by atoms with E-state index in [1.54, 1.807) is 0 Å². The Balaban J connectivity index is 1.49. The van der Waals surface area contributed by atoms with Crippen molar-refractivity contribution in [3.63, 3.8) is 0 Å². The fourth-order valence-corrected chi connectivity index (χ4v) is 4.89. The van der Waals surface area contributed by atoms with Crippen molar-refractivity contribution in [2.24, 2.45) is 0 Å². The second-order valence-electron chi connectivity index (χ2n) is 9.12. The summed E-state index contributed by atoms with van der Waals surface area (Å²) < 4.78 is 7.64. The topological polar surface area (TPSA) is 66.9 Å². The van der Waals surface area contributed by atoms with Gasteiger partial charge in [0, 0.05) is 49.8 Å². The Labute approximate surface area is 187 Å². The van der Waals surface area contributed by atoms with Crippen molar-refractivity contribution in [3.05, 3.63) is 58.5 Å². The molecule has 7 nitrogen and oxygen atoms in total. The number of imidazole rings is 1. The minimum atomic E-state index is -0.337. The summed E-state index contributed by atoms with van der Waals surface area (Å²) in [4.78, 5) is 26.9. The Morgan fingerprint density at radius 1 is 1.09 bits per heavy atom. The van der Waals surface area contributed by atoms with E-state index in [4.69, 9.17) is 4.42 Å². The van der Waals surface area contributed by atoms with Crippen LogP contribution in [0.4, 0.5) is 5.69 Å². The van der Waals surface area contributed by atoms with Crippen LogP contribution in [0.25, 0.3) is 27.9 Å². The predicted molar refractivity (Wildman–Crippen MR) is 127 cm³/mol. The zero-order chi connectivity index (χ0) is 22.6. The van der Waals surface area contributed by atoms with Gasteiger partial charge < -0.3 is 13.7 Å². The number of benzene rings is 1. The monoisotopic (exact) mass is 431 g/mol. The molecule has 1 unspecified atom stereocenters. The fourth-order valence-electron chi connectivity index (χ4n) is 4.89. The first-order valence-corrected chi connectivity index (χ1v) is 11.2. The van der Waals surface area contributed by atoms with Gasteiger partial charge in [0.1, 0.15) is 5.69 Å². The highest BCUT2D eigenvalue weighted by atomic mass is 16.4. The molecule has 0 aliphatic carbocycles. The van der Waals surface area contributed by atoms with Crippen LogP contribution in [-0.2, 0) is 0 Å². The van der Waals surface area contributed by atoms with E-state index in [0.717, 1.165) is 47.7 Å². The Bertz CT molecular complexity index is 1370. The maximum atomic E-state index is 12.9. The molecule has 0 bridgehead atoms. The molecule has 4 heterocycles. The van der Waals surface area contributed by atoms with Crippen molar-refractivity contribution in [3.8, 4) is 11.5 Å². The number of hydrogen-bond donors (Lipinski definition) is 0. The summed E-state index contributed by atoms with van der Waals surface area (Å²) in [5.74, 6) is 0.468. The first kappa shape index (κ1) is 20.7. The number of nitrogens with zero attached hydrogens (tertiary/aromatic N) is 5. The van der Waals surface area contributed by atoms with E-state index >= 15 is 0 Å². The number of anilines is 1. The SMILES string of the molecule is Cc1cn2cc(-c3cc4ccc(N5CCN(C(C)C)C(C)C5)cc4c(=O)o3)nc2c(C)n1. The molecule has 5 rings (SSSR count). The number of aryl methyl sites for hydroxylation is 2. The van der Waals surface area contributed by atoms with Gasteiger partial charge in [-0.1, -0.05) is 6.07 Å². The van der Waals surface area contributed by atoms with Gasteiger partial charge in [-0.3, -0.25) is 9.88 Å². The number of aromatic nitrogens is 3. The average molecular weight is 432 g/mol. The van der Waals surface area contributed by atoms with Crippen LogP contribution in [-0.4, -0.2) is 51.0 Å². The minimum absolute atomic E-state index is 0.337. The molecule has 0 saturated carbocycles. The highest BCUT2D eigenvalue weighted by Gasteiger charge is 2.25. The smallest absolute Gasteiger partial charge is 0.344 e. The molecule has 4 aromatic rings. The third-order valence-electron chi connectivity index (χ3n) is 6.43. The molecular weight excluding hydrogens is 402 g/mol. The lowest BCUT2D eigenvalue weighted by Crippen LogP contribution is -2.54. The lowest BCUT2D eigenvalue weighted by Gasteiger charge is -2.43. The molecule has 166 valence electrons. The van der Waals surface area contributed by atoms with E-state index < -0.39 is 0 Å². The summed E-state index contributed by atoms with van der Waals surface area (Å²) in [5.41, 5.74) is 3.88. The molecule has 0 spiro atoms. The van der Waals surface area contributed by atoms with Gasteiger partial charge in [0.2, 0.25) is 0 Å². The van der Waals surface area contributed by atoms with Crippen molar-refractivity contribution in [2.75, 3.05) is 24.5 Å². The lowest BCUT2D eigenvalue weighted by molar-refractivity contribution is 0.148. The summed E-state index contributed by atoms with van der Waals surface area (Å²) in [6.45, 7) is 13.5. The van der Waals surface area contributed by atoms with Crippen LogP contribution in [0.5, 0.6) is 0 Å². The third kappa shape index (κ3) is 3.56. The highest BCUT2D eigenvalue weighted by Crippen LogP contribution is 2.27. The van der Waals surface area contributed by atoms with E-state index in [1.807, 2.05) is 48.8 Å². The fraction of sp³-hybridized carbons (Fsp3) is 0.400. The maximum absolute atomic E-state index is 12.9. The molecule has 1 saturated heterocycles. The summed E-state index contributed by atoms with van der Waals surface area (Å²) in [7, 11) is 0. The van der Waals surface area contributed by atoms with Gasteiger partial charge in [0.25, 0.3) is 0 Å². The molecular formula is C25H29N5O2. The maximum Gasteiger partial charge on any atom is 0.344 e. The van der Waals surface area contributed by atoms with Crippen molar-refractivity contribution in [2.45, 2.75) is 46.7 Å². The standard InChI is InChI=1S/C25H29N5O2/c1-15(2)30-9-8-28(13-17(30)4)20-7-6-19-10-23(32-25(31)21(19)11-20)22-14-29-12-16(3)26-18(5)24(29)27-22/h6-7,10-12,14-15,17H,8-9,13H2,1-5H3. The first-order chi connectivity index (χ1) is 15.3. The van der Waals surface area contributed by atoms with Crippen LogP contribution in [0, 0.1) is 13.8 Å². The van der Waals surface area contributed by atoms with Gasteiger partial charge in [0.15, 0.2) is 11.4 Å². The van der Waals surface area contributed by atoms with Crippen LogP contribution < -0.4 is 10.5 Å². The van der Waals surface area contributed by atoms with Crippen molar-refractivity contribution in [1.29, 1.82) is 0 Å². The highest BCUT2D eigenvalue weighted by molar-refractivity contribution is 5.87. The summed E-state index contributed by atoms with van der Waals surface area (Å²) in [6, 6.07) is 8.98. The third-order valence-corrected chi connectivity index (χ3v) is 6.43. The van der Waals surface area contributed by atoms with E-state index in [1.165, 1.54) is 0 Å². The van der Waals surface area contributed by atoms with E-state index in [-0.39, 0.29) is 5.63 Å². The van der Waals surface area contributed by atoms with E-state index in [2.05, 4.69) is 46.6 Å². The van der Waals surface area contributed by atoms with Crippen LogP contribution in [0.1, 0.15) is 32.2 Å². The van der Waals surface area contributed by atoms with Crippen molar-refractivity contribution >= 4 is 22.1 Å². The van der Waals surface area contributed by atoms with Crippen LogP contribution in [0.15, 0.2) is 45.9 Å². The number of fused-ring (bicyclic) bond motifs is 2. The molecule has 0 radical (unpaired) electrons. The van der Waals surface area contributed by atoms with Crippen molar-refractivity contribution in [1.82, 2.24) is 19.3 Å². The first-order valence-electron chi connectivity index (χ1n) is 11.2. The molecule has 0 amide bonds. The van der Waals surface area contributed by atoms with Gasteiger partial charge in [0.05, 0.1) is 16.8 Å². The Hall–Kier alpha value is -3.19. The Kier molecular flexibility index (Phi) is 5.01. The molecule has 1 aliphatic heterocycles. The van der Waals surface area contributed by atoms with Gasteiger partial charge in [-0.2, -0.15) is 0 Å². The summed E-state index contributed by atoms with van der Waals surface area (Å²) in [5, 5.41) is 1.46. The average Bonchev–Trinajstić information content (AvgIpc) is 3.17. The molecule has 32 heavy (non-hydrogen) atoms. The zero-order valence-corrected chi connectivity index (χ0v) is 19.3. The number of rotatable bonds is 3. The summed E-state index contributed by atoms with van der Waals surface area (Å²) >= 11 is 0. The molecule has 1 fully saturated rings. The largest absolute Gasteiger partial charge is 0.421 e. The van der Waals surface area contributed by atoms with Gasteiger partial charge >= 0.3 is 5.63 Å². The Morgan fingerprint density at radius 2 is 1.91 bits per heavy atom. The number of piperazine rings is 1. The molecule has 0 N–H and O–H groups in total. The molecule has 1 atom stereocenters. The van der Waals surface area contributed by atoms with Gasteiger partial charge in [-0.15, -0.1) is 0 Å². The van der Waals surface area contributed by atoms with E-state index in [0.29, 0.717) is 28.9 Å². The van der Waals surface area contributed by atoms with Crippen LogP contribution >= 0.6 is 0 Å². The van der Waals surface area contributed by atoms with Crippen LogP contribution in [0.2, 0.25) is 0 Å². The van der Waals surface area contributed by atoms with Crippen LogP contribution in [0.3, 0.4) is 0 Å². The Morgan fingerprint density at radius 3 is 2.66 bits per heavy atom. The normalized spacial score (nSPS) is 17.7. The minimum Gasteiger partial charge on any atom is -0.421 e. The predicted octanol–water partition coefficient (Wildman–Crippen LogP) is 4.04. The second-order valence-corrected chi connectivity index (χ2v) is 9.12. The quantitative estimate of drug-likeness (QED) is 0.488. The van der Waals surface area contributed by atoms with Gasteiger partial charge in [-0.05, 0) is 58.2 Å². The molecule has 1 aromatic carbocycles. The van der Waals surface area contributed by atoms with Crippen molar-refractivity contribution < 1.29 is 4.42 Å². The second kappa shape index (κ2) is 7.74. The zero-order valence-electron chi connectivity index (χ0n) is 19.3. The lowest BCUT2D eigenvalue weighted by atomic mass is 10.1. The summed E-state index contributed by atoms with van der Waals surface area (Å²) in [6.07, 6.45) is 3.80.